The van der Waals surface area contributed by atoms with E-state index in [9.17, 15) is 24.9 Å². The van der Waals surface area contributed by atoms with Crippen molar-refractivity contribution in [1.29, 1.82) is 0 Å². The van der Waals surface area contributed by atoms with Crippen LogP contribution in [0.5, 0.6) is 0 Å². The number of ether oxygens (including phenoxy) is 1. The molecule has 1 fully saturated rings. The van der Waals surface area contributed by atoms with E-state index in [2.05, 4.69) is 10.6 Å². The number of amides is 2. The van der Waals surface area contributed by atoms with E-state index in [4.69, 9.17) is 10.5 Å². The number of aliphatic hydroxyl groups excluding tert-OH is 3. The molecule has 1 rings (SSSR count). The SMILES string of the molecule is CC(=O)N[C@@H]1[C@@H](O)[C@@H](O)[C@@H](CO)O[C@H]1SC=CC(=O)NCCCCCN. The van der Waals surface area contributed by atoms with Crippen molar-refractivity contribution in [2.45, 2.75) is 56.0 Å². The Hall–Kier alpha value is -1.17. The van der Waals surface area contributed by atoms with E-state index in [-0.39, 0.29) is 5.91 Å². The van der Waals surface area contributed by atoms with E-state index in [0.717, 1.165) is 31.0 Å². The highest BCUT2D eigenvalue weighted by atomic mass is 32.2. The first-order valence-electron chi connectivity index (χ1n) is 8.60. The average Bonchev–Trinajstić information content (AvgIpc) is 2.60. The Bertz CT molecular complexity index is 479. The van der Waals surface area contributed by atoms with Gasteiger partial charge in [-0.05, 0) is 24.8 Å². The third-order valence-corrected chi connectivity index (χ3v) is 4.83. The van der Waals surface area contributed by atoms with Crippen molar-refractivity contribution in [2.24, 2.45) is 5.73 Å². The topological polar surface area (TPSA) is 154 Å². The summed E-state index contributed by atoms with van der Waals surface area (Å²) < 4.78 is 5.53. The molecule has 150 valence electrons. The van der Waals surface area contributed by atoms with Crippen molar-refractivity contribution in [3.05, 3.63) is 11.5 Å². The third kappa shape index (κ3) is 7.60. The third-order valence-electron chi connectivity index (χ3n) is 3.86. The van der Waals surface area contributed by atoms with Gasteiger partial charge in [0.15, 0.2) is 0 Å². The molecule has 7 N–H and O–H groups in total. The van der Waals surface area contributed by atoms with E-state index in [0.29, 0.717) is 13.1 Å². The minimum absolute atomic E-state index is 0.267. The van der Waals surface area contributed by atoms with Crippen LogP contribution in [-0.2, 0) is 14.3 Å². The number of thioether (sulfide) groups is 1. The number of carbonyl (C=O) groups excluding carboxylic acids is 2. The van der Waals surface area contributed by atoms with Crippen LogP contribution in [0.15, 0.2) is 11.5 Å². The molecule has 0 aromatic rings. The van der Waals surface area contributed by atoms with Crippen LogP contribution in [0, 0.1) is 0 Å². The lowest BCUT2D eigenvalue weighted by molar-refractivity contribution is -0.173. The number of hydrogen-bond acceptors (Lipinski definition) is 8. The minimum atomic E-state index is -1.32. The van der Waals surface area contributed by atoms with Crippen molar-refractivity contribution in [3.63, 3.8) is 0 Å². The number of hydrogen-bond donors (Lipinski definition) is 6. The summed E-state index contributed by atoms with van der Waals surface area (Å²) in [5.41, 5.74) is 4.64. The molecule has 9 nitrogen and oxygen atoms in total. The van der Waals surface area contributed by atoms with Crippen LogP contribution >= 0.6 is 11.8 Å². The lowest BCUT2D eigenvalue weighted by Gasteiger charge is -2.41. The molecular formula is C16H29N3O6S. The van der Waals surface area contributed by atoms with E-state index in [1.165, 1.54) is 18.4 Å². The zero-order valence-corrected chi connectivity index (χ0v) is 15.7. The fraction of sp³-hybridized carbons (Fsp3) is 0.750. The van der Waals surface area contributed by atoms with Gasteiger partial charge in [0.25, 0.3) is 0 Å². The van der Waals surface area contributed by atoms with Gasteiger partial charge >= 0.3 is 0 Å². The molecule has 1 aliphatic heterocycles. The summed E-state index contributed by atoms with van der Waals surface area (Å²) in [4.78, 5) is 23.1. The van der Waals surface area contributed by atoms with Gasteiger partial charge < -0.3 is 36.4 Å². The molecule has 0 aromatic carbocycles. The van der Waals surface area contributed by atoms with E-state index < -0.39 is 42.3 Å². The normalized spacial score (nSPS) is 28.9. The predicted octanol–water partition coefficient (Wildman–Crippen LogP) is -1.58. The van der Waals surface area contributed by atoms with Gasteiger partial charge in [0.1, 0.15) is 23.7 Å². The first-order valence-corrected chi connectivity index (χ1v) is 9.54. The first kappa shape index (κ1) is 22.9. The molecular weight excluding hydrogens is 362 g/mol. The monoisotopic (exact) mass is 391 g/mol. The summed E-state index contributed by atoms with van der Waals surface area (Å²) in [6.07, 6.45) is 0.451. The molecule has 0 saturated carbocycles. The second kappa shape index (κ2) is 12.3. The molecule has 10 heteroatoms. The summed E-state index contributed by atoms with van der Waals surface area (Å²) in [5, 5.41) is 36.1. The van der Waals surface area contributed by atoms with Gasteiger partial charge in [-0.2, -0.15) is 0 Å². The number of rotatable bonds is 10. The van der Waals surface area contributed by atoms with Crippen LogP contribution in [0.1, 0.15) is 26.2 Å². The second-order valence-electron chi connectivity index (χ2n) is 6.01. The molecule has 5 atom stereocenters. The molecule has 26 heavy (non-hydrogen) atoms. The van der Waals surface area contributed by atoms with Crippen molar-refractivity contribution >= 4 is 23.6 Å². The summed E-state index contributed by atoms with van der Waals surface area (Å²) >= 11 is 1.07. The summed E-state index contributed by atoms with van der Waals surface area (Å²) in [6.45, 7) is 2.00. The predicted molar refractivity (Wildman–Crippen MR) is 98.0 cm³/mol. The summed E-state index contributed by atoms with van der Waals surface area (Å²) in [7, 11) is 0. The van der Waals surface area contributed by atoms with Gasteiger partial charge in [-0.3, -0.25) is 9.59 Å². The number of unbranched alkanes of at least 4 members (excludes halogenated alkanes) is 2. The molecule has 0 bridgehead atoms. The number of nitrogens with one attached hydrogen (secondary N) is 2. The highest BCUT2D eigenvalue weighted by Gasteiger charge is 2.44. The Morgan fingerprint density at radius 1 is 1.23 bits per heavy atom. The molecule has 0 aliphatic carbocycles. The van der Waals surface area contributed by atoms with Crippen LogP contribution in [0.25, 0.3) is 0 Å². The first-order chi connectivity index (χ1) is 12.4. The molecule has 0 aromatic heterocycles. The lowest BCUT2D eigenvalue weighted by Crippen LogP contribution is -2.63. The molecule has 1 heterocycles. The fourth-order valence-electron chi connectivity index (χ4n) is 2.48. The average molecular weight is 391 g/mol. The Morgan fingerprint density at radius 3 is 2.58 bits per heavy atom. The van der Waals surface area contributed by atoms with Crippen LogP contribution in [0.3, 0.4) is 0 Å². The Labute approximate surface area is 157 Å². The van der Waals surface area contributed by atoms with Gasteiger partial charge in [-0.15, -0.1) is 0 Å². The maximum absolute atomic E-state index is 11.7. The largest absolute Gasteiger partial charge is 0.394 e. The lowest BCUT2D eigenvalue weighted by atomic mass is 9.98. The Kier molecular flexibility index (Phi) is 10.8. The van der Waals surface area contributed by atoms with E-state index in [1.54, 1.807) is 0 Å². The zero-order chi connectivity index (χ0) is 19.5. The molecule has 0 unspecified atom stereocenters. The summed E-state index contributed by atoms with van der Waals surface area (Å²) in [6, 6.07) is -0.876. The summed E-state index contributed by atoms with van der Waals surface area (Å²) in [5.74, 6) is -0.659. The zero-order valence-electron chi connectivity index (χ0n) is 14.8. The smallest absolute Gasteiger partial charge is 0.244 e. The highest BCUT2D eigenvalue weighted by molar-refractivity contribution is 8.02. The minimum Gasteiger partial charge on any atom is -0.394 e. The Balaban J connectivity index is 2.54. The maximum atomic E-state index is 11.7. The molecule has 2 amide bonds. The highest BCUT2D eigenvalue weighted by Crippen LogP contribution is 2.29. The van der Waals surface area contributed by atoms with Gasteiger partial charge in [-0.1, -0.05) is 18.2 Å². The van der Waals surface area contributed by atoms with Crippen molar-refractivity contribution in [2.75, 3.05) is 19.7 Å². The van der Waals surface area contributed by atoms with E-state index >= 15 is 0 Å². The molecule has 0 spiro atoms. The number of aliphatic hydroxyl groups is 3. The maximum Gasteiger partial charge on any atom is 0.244 e. The van der Waals surface area contributed by atoms with Crippen molar-refractivity contribution in [1.82, 2.24) is 10.6 Å². The van der Waals surface area contributed by atoms with Crippen molar-refractivity contribution < 1.29 is 29.6 Å². The van der Waals surface area contributed by atoms with Crippen molar-refractivity contribution in [3.8, 4) is 0 Å². The van der Waals surface area contributed by atoms with Gasteiger partial charge in [0.2, 0.25) is 11.8 Å². The van der Waals surface area contributed by atoms with Crippen LogP contribution < -0.4 is 16.4 Å². The number of nitrogens with two attached hydrogens (primary N) is 1. The van der Waals surface area contributed by atoms with Gasteiger partial charge in [0.05, 0.1) is 12.6 Å². The molecule has 1 aliphatic rings. The Morgan fingerprint density at radius 2 is 1.96 bits per heavy atom. The van der Waals surface area contributed by atoms with Crippen LogP contribution in [-0.4, -0.2) is 76.6 Å². The fourth-order valence-corrected chi connectivity index (χ4v) is 3.44. The quantitative estimate of drug-likeness (QED) is 0.193. The van der Waals surface area contributed by atoms with Gasteiger partial charge in [-0.25, -0.2) is 0 Å². The van der Waals surface area contributed by atoms with Gasteiger partial charge in [0, 0.05) is 19.5 Å². The standard InChI is InChI=1S/C16H29N3O6S/c1-10(21)19-13-15(24)14(23)11(9-20)25-16(13)26-8-5-12(22)18-7-4-2-3-6-17/h5,8,11,13-16,20,23-24H,2-4,6-7,9,17H2,1H3,(H,18,22)(H,19,21)/t11-,13-,14+,15-,16+/m1/s1. The molecule has 1 saturated heterocycles. The van der Waals surface area contributed by atoms with Crippen LogP contribution in [0.2, 0.25) is 0 Å². The number of carbonyl (C=O) groups is 2. The van der Waals surface area contributed by atoms with Crippen LogP contribution in [0.4, 0.5) is 0 Å². The molecule has 0 radical (unpaired) electrons. The van der Waals surface area contributed by atoms with E-state index in [1.807, 2.05) is 0 Å². The second-order valence-corrected chi connectivity index (χ2v) is 7.02.